The standard InChI is InChI=1S/C14H23ClN2S/c1-13(2,3)11-8-18-12(17-11)7-16-10-6-9(15)14(10,4)5/h8-10,16H,6-7H2,1-5H3. The van der Waals surface area contributed by atoms with Gasteiger partial charge in [0, 0.05) is 28.8 Å². The maximum atomic E-state index is 6.23. The van der Waals surface area contributed by atoms with Gasteiger partial charge in [-0.3, -0.25) is 0 Å². The van der Waals surface area contributed by atoms with Crippen LogP contribution in [0.15, 0.2) is 5.38 Å². The summed E-state index contributed by atoms with van der Waals surface area (Å²) in [6, 6.07) is 0.516. The van der Waals surface area contributed by atoms with Crippen molar-refractivity contribution in [3.8, 4) is 0 Å². The van der Waals surface area contributed by atoms with Crippen molar-refractivity contribution in [1.29, 1.82) is 0 Å². The number of hydrogen-bond donors (Lipinski definition) is 1. The molecule has 0 spiro atoms. The molecule has 1 aromatic rings. The average Bonchev–Trinajstić information content (AvgIpc) is 2.72. The summed E-state index contributed by atoms with van der Waals surface area (Å²) in [5.74, 6) is 0. The molecule has 0 bridgehead atoms. The first kappa shape index (κ1) is 14.3. The maximum absolute atomic E-state index is 6.23. The van der Waals surface area contributed by atoms with E-state index in [1.54, 1.807) is 11.3 Å². The molecule has 1 aliphatic carbocycles. The van der Waals surface area contributed by atoms with Crippen molar-refractivity contribution in [3.05, 3.63) is 16.1 Å². The molecule has 102 valence electrons. The van der Waals surface area contributed by atoms with Crippen LogP contribution in [0.1, 0.15) is 51.7 Å². The Hall–Kier alpha value is -0.120. The van der Waals surface area contributed by atoms with E-state index >= 15 is 0 Å². The average molecular weight is 287 g/mol. The van der Waals surface area contributed by atoms with E-state index in [1.807, 2.05) is 0 Å². The normalized spacial score (nSPS) is 27.0. The Bertz CT molecular complexity index is 420. The molecule has 2 nitrogen and oxygen atoms in total. The largest absolute Gasteiger partial charge is 0.307 e. The highest BCUT2D eigenvalue weighted by Crippen LogP contribution is 2.44. The van der Waals surface area contributed by atoms with Crippen molar-refractivity contribution in [2.24, 2.45) is 5.41 Å². The molecular formula is C14H23ClN2S. The van der Waals surface area contributed by atoms with Gasteiger partial charge < -0.3 is 5.32 Å². The van der Waals surface area contributed by atoms with Crippen LogP contribution in [0.5, 0.6) is 0 Å². The predicted molar refractivity (Wildman–Crippen MR) is 79.5 cm³/mol. The highest BCUT2D eigenvalue weighted by Gasteiger charge is 2.46. The van der Waals surface area contributed by atoms with Crippen LogP contribution in [0.4, 0.5) is 0 Å². The lowest BCUT2D eigenvalue weighted by Gasteiger charge is -2.49. The van der Waals surface area contributed by atoms with Gasteiger partial charge in [-0.15, -0.1) is 22.9 Å². The Morgan fingerprint density at radius 1 is 1.50 bits per heavy atom. The summed E-state index contributed by atoms with van der Waals surface area (Å²) in [6.07, 6.45) is 1.06. The molecule has 1 fully saturated rings. The smallest absolute Gasteiger partial charge is 0.107 e. The van der Waals surface area contributed by atoms with Crippen LogP contribution in [0.2, 0.25) is 0 Å². The fourth-order valence-electron chi connectivity index (χ4n) is 2.17. The molecule has 1 heterocycles. The number of thiazole rings is 1. The second-order valence-corrected chi connectivity index (χ2v) is 8.30. The number of nitrogens with zero attached hydrogens (tertiary/aromatic N) is 1. The van der Waals surface area contributed by atoms with Crippen molar-refractivity contribution < 1.29 is 0 Å². The van der Waals surface area contributed by atoms with E-state index in [2.05, 4.69) is 45.3 Å². The molecule has 1 N–H and O–H groups in total. The van der Waals surface area contributed by atoms with Crippen LogP contribution in [0.25, 0.3) is 0 Å². The number of hydrogen-bond acceptors (Lipinski definition) is 3. The van der Waals surface area contributed by atoms with Crippen LogP contribution in [0, 0.1) is 5.41 Å². The lowest BCUT2D eigenvalue weighted by Crippen LogP contribution is -2.57. The minimum atomic E-state index is 0.145. The first-order valence-electron chi connectivity index (χ1n) is 6.53. The molecule has 1 aliphatic rings. The highest BCUT2D eigenvalue weighted by atomic mass is 35.5. The Morgan fingerprint density at radius 2 is 2.17 bits per heavy atom. The van der Waals surface area contributed by atoms with Gasteiger partial charge in [0.15, 0.2) is 0 Å². The van der Waals surface area contributed by atoms with Crippen molar-refractivity contribution >= 4 is 22.9 Å². The Morgan fingerprint density at radius 3 is 2.61 bits per heavy atom. The third kappa shape index (κ3) is 2.73. The van der Waals surface area contributed by atoms with Crippen molar-refractivity contribution in [2.45, 2.75) is 64.4 Å². The van der Waals surface area contributed by atoms with E-state index in [1.165, 1.54) is 10.7 Å². The lowest BCUT2D eigenvalue weighted by atomic mass is 9.67. The van der Waals surface area contributed by atoms with Crippen molar-refractivity contribution in [3.63, 3.8) is 0 Å². The highest BCUT2D eigenvalue weighted by molar-refractivity contribution is 7.09. The van der Waals surface area contributed by atoms with Crippen molar-refractivity contribution in [2.75, 3.05) is 0 Å². The predicted octanol–water partition coefficient (Wildman–Crippen LogP) is 3.94. The Balaban J connectivity index is 1.90. The van der Waals surface area contributed by atoms with E-state index < -0.39 is 0 Å². The molecule has 0 aliphatic heterocycles. The number of alkyl halides is 1. The second-order valence-electron chi connectivity index (χ2n) is 6.83. The SMILES string of the molecule is CC(C)(C)c1csc(CNC2CC(Cl)C2(C)C)n1. The van der Waals surface area contributed by atoms with E-state index in [9.17, 15) is 0 Å². The molecule has 2 unspecified atom stereocenters. The van der Waals surface area contributed by atoms with Crippen LogP contribution in [0.3, 0.4) is 0 Å². The summed E-state index contributed by atoms with van der Waals surface area (Å²) in [6.45, 7) is 11.9. The van der Waals surface area contributed by atoms with Gasteiger partial charge in [0.1, 0.15) is 5.01 Å². The van der Waals surface area contributed by atoms with Gasteiger partial charge in [0.25, 0.3) is 0 Å². The number of nitrogens with one attached hydrogen (secondary N) is 1. The first-order valence-corrected chi connectivity index (χ1v) is 7.85. The third-order valence-electron chi connectivity index (χ3n) is 3.97. The number of halogens is 1. The fourth-order valence-corrected chi connectivity index (χ4v) is 3.47. The van der Waals surface area contributed by atoms with Crippen LogP contribution in [-0.4, -0.2) is 16.4 Å². The quantitative estimate of drug-likeness (QED) is 0.852. The summed E-state index contributed by atoms with van der Waals surface area (Å²) in [7, 11) is 0. The monoisotopic (exact) mass is 286 g/mol. The summed E-state index contributed by atoms with van der Waals surface area (Å²) in [5, 5.41) is 7.24. The molecule has 2 atom stereocenters. The molecule has 4 heteroatoms. The number of aromatic nitrogens is 1. The molecule has 2 rings (SSSR count). The summed E-state index contributed by atoms with van der Waals surface area (Å²) >= 11 is 7.98. The maximum Gasteiger partial charge on any atom is 0.107 e. The minimum Gasteiger partial charge on any atom is -0.307 e. The molecule has 0 saturated heterocycles. The Kier molecular flexibility index (Phi) is 3.79. The van der Waals surface area contributed by atoms with E-state index in [-0.39, 0.29) is 10.8 Å². The van der Waals surface area contributed by atoms with Gasteiger partial charge in [0.2, 0.25) is 0 Å². The molecule has 0 radical (unpaired) electrons. The second kappa shape index (κ2) is 4.77. The van der Waals surface area contributed by atoms with Gasteiger partial charge in [-0.1, -0.05) is 34.6 Å². The zero-order valence-electron chi connectivity index (χ0n) is 11.9. The van der Waals surface area contributed by atoms with Gasteiger partial charge in [-0.25, -0.2) is 4.98 Å². The third-order valence-corrected chi connectivity index (χ3v) is 5.56. The van der Waals surface area contributed by atoms with E-state index in [0.29, 0.717) is 11.4 Å². The zero-order valence-corrected chi connectivity index (χ0v) is 13.5. The summed E-state index contributed by atoms with van der Waals surface area (Å²) < 4.78 is 0. The topological polar surface area (TPSA) is 24.9 Å². The molecular weight excluding hydrogens is 264 g/mol. The fraction of sp³-hybridized carbons (Fsp3) is 0.786. The molecule has 0 amide bonds. The van der Waals surface area contributed by atoms with E-state index in [0.717, 1.165) is 13.0 Å². The van der Waals surface area contributed by atoms with Crippen LogP contribution < -0.4 is 5.32 Å². The van der Waals surface area contributed by atoms with Crippen molar-refractivity contribution in [1.82, 2.24) is 10.3 Å². The van der Waals surface area contributed by atoms with Crippen LogP contribution in [-0.2, 0) is 12.0 Å². The van der Waals surface area contributed by atoms with Gasteiger partial charge in [-0.2, -0.15) is 0 Å². The molecule has 1 saturated carbocycles. The Labute approximate surface area is 119 Å². The molecule has 0 aromatic carbocycles. The van der Waals surface area contributed by atoms with Crippen LogP contribution >= 0.6 is 22.9 Å². The lowest BCUT2D eigenvalue weighted by molar-refractivity contribution is 0.115. The zero-order chi connectivity index (χ0) is 13.6. The molecule has 18 heavy (non-hydrogen) atoms. The first-order chi connectivity index (χ1) is 8.21. The molecule has 1 aromatic heterocycles. The minimum absolute atomic E-state index is 0.145. The van der Waals surface area contributed by atoms with Gasteiger partial charge >= 0.3 is 0 Å². The van der Waals surface area contributed by atoms with Gasteiger partial charge in [0.05, 0.1) is 5.69 Å². The summed E-state index contributed by atoms with van der Waals surface area (Å²) in [5.41, 5.74) is 1.53. The van der Waals surface area contributed by atoms with E-state index in [4.69, 9.17) is 16.6 Å². The summed E-state index contributed by atoms with van der Waals surface area (Å²) in [4.78, 5) is 4.70. The van der Waals surface area contributed by atoms with Gasteiger partial charge in [-0.05, 0) is 11.8 Å². The number of rotatable bonds is 3.